The Morgan fingerprint density at radius 3 is 2.62 bits per heavy atom. The molecular formula is C21H20N6O4S. The van der Waals surface area contributed by atoms with E-state index in [-0.39, 0.29) is 23.8 Å². The Balaban J connectivity index is 0.00000306. The third-order valence-electron chi connectivity index (χ3n) is 4.62. The molecule has 2 aromatic heterocycles. The first-order chi connectivity index (χ1) is 15.3. The van der Waals surface area contributed by atoms with Crippen molar-refractivity contribution in [3.05, 3.63) is 78.1 Å². The molecule has 4 aromatic rings. The van der Waals surface area contributed by atoms with E-state index in [1.54, 1.807) is 36.7 Å². The van der Waals surface area contributed by atoms with Gasteiger partial charge in [0.15, 0.2) is 5.69 Å². The van der Waals surface area contributed by atoms with Crippen molar-refractivity contribution < 1.29 is 19.7 Å². The standard InChI is InChI=1S/C21H18N6O4S.H2/c22-32(30,31)16-6-4-15(5-7-16)26-27-19-17-10-14(3-8-18(17)25-21(19)29)20(28)24-12-13-2-1-9-23-11-13;/h1-11,25,29H,12H2,(H,24,28)(H2,22,30,31);1H. The first-order valence-corrected chi connectivity index (χ1v) is 10.9. The van der Waals surface area contributed by atoms with E-state index >= 15 is 0 Å². The highest BCUT2D eigenvalue weighted by molar-refractivity contribution is 7.89. The van der Waals surface area contributed by atoms with Gasteiger partial charge in [0.2, 0.25) is 15.9 Å². The largest absolute Gasteiger partial charge is 0.493 e. The van der Waals surface area contributed by atoms with Crippen LogP contribution in [0.1, 0.15) is 17.3 Å². The summed E-state index contributed by atoms with van der Waals surface area (Å²) in [5, 5.41) is 26.7. The lowest BCUT2D eigenvalue weighted by molar-refractivity contribution is 0.0951. The van der Waals surface area contributed by atoms with Gasteiger partial charge in [-0.15, -0.1) is 5.11 Å². The molecule has 0 radical (unpaired) electrons. The topological polar surface area (TPSA) is 163 Å². The molecule has 0 aliphatic rings. The molecular weight excluding hydrogens is 432 g/mol. The van der Waals surface area contributed by atoms with Gasteiger partial charge in [-0.25, -0.2) is 13.6 Å². The minimum Gasteiger partial charge on any atom is -0.493 e. The predicted octanol–water partition coefficient (Wildman–Crippen LogP) is 3.51. The highest BCUT2D eigenvalue weighted by atomic mass is 32.2. The molecule has 0 aliphatic carbocycles. The number of primary sulfonamides is 1. The van der Waals surface area contributed by atoms with E-state index in [0.29, 0.717) is 28.7 Å². The van der Waals surface area contributed by atoms with Gasteiger partial charge in [-0.3, -0.25) is 9.78 Å². The zero-order chi connectivity index (χ0) is 22.7. The first-order valence-electron chi connectivity index (χ1n) is 9.38. The quantitative estimate of drug-likeness (QED) is 0.328. The van der Waals surface area contributed by atoms with Crippen LogP contribution in [-0.2, 0) is 16.6 Å². The number of aromatic nitrogens is 2. The van der Waals surface area contributed by atoms with Crippen LogP contribution in [0.3, 0.4) is 0 Å². The van der Waals surface area contributed by atoms with E-state index in [9.17, 15) is 18.3 Å². The number of aromatic amines is 1. The van der Waals surface area contributed by atoms with Crippen molar-refractivity contribution >= 4 is 38.2 Å². The molecule has 0 fully saturated rings. The summed E-state index contributed by atoms with van der Waals surface area (Å²) < 4.78 is 22.7. The molecule has 0 saturated heterocycles. The second kappa shape index (κ2) is 8.57. The number of pyridine rings is 1. The number of fused-ring (bicyclic) bond motifs is 1. The number of benzene rings is 2. The lowest BCUT2D eigenvalue weighted by Gasteiger charge is -2.05. The number of nitrogens with one attached hydrogen (secondary N) is 2. The van der Waals surface area contributed by atoms with E-state index in [1.165, 1.54) is 24.3 Å². The van der Waals surface area contributed by atoms with Crippen LogP contribution in [0.2, 0.25) is 0 Å². The Labute approximate surface area is 184 Å². The molecule has 0 unspecified atom stereocenters. The molecule has 2 aromatic carbocycles. The van der Waals surface area contributed by atoms with Crippen molar-refractivity contribution in [1.82, 2.24) is 15.3 Å². The summed E-state index contributed by atoms with van der Waals surface area (Å²) >= 11 is 0. The number of carbonyl (C=O) groups is 1. The maximum atomic E-state index is 12.6. The SMILES string of the molecule is NS(=O)(=O)c1ccc(N=Nc2c(O)[nH]c3ccc(C(=O)NCc4cccnc4)cc23)cc1.[HH]. The Kier molecular flexibility index (Phi) is 5.67. The van der Waals surface area contributed by atoms with Gasteiger partial charge in [0, 0.05) is 31.3 Å². The number of H-pyrrole nitrogens is 1. The maximum Gasteiger partial charge on any atom is 0.251 e. The zero-order valence-corrected chi connectivity index (χ0v) is 17.4. The fraction of sp³-hybridized carbons (Fsp3) is 0.0476. The minimum absolute atomic E-state index is 0. The van der Waals surface area contributed by atoms with Crippen LogP contribution >= 0.6 is 0 Å². The summed E-state index contributed by atoms with van der Waals surface area (Å²) in [7, 11) is -3.81. The molecule has 0 saturated carbocycles. The van der Waals surface area contributed by atoms with Gasteiger partial charge in [-0.2, -0.15) is 5.11 Å². The van der Waals surface area contributed by atoms with Crippen LogP contribution in [0.25, 0.3) is 10.9 Å². The van der Waals surface area contributed by atoms with Crippen LogP contribution in [0.15, 0.2) is 82.1 Å². The summed E-state index contributed by atoms with van der Waals surface area (Å²) in [6.45, 7) is 0.324. The van der Waals surface area contributed by atoms with Gasteiger partial charge in [0.1, 0.15) is 0 Å². The van der Waals surface area contributed by atoms with Crippen LogP contribution < -0.4 is 10.5 Å². The minimum atomic E-state index is -3.81. The molecule has 5 N–H and O–H groups in total. The lowest BCUT2D eigenvalue weighted by Crippen LogP contribution is -2.22. The van der Waals surface area contributed by atoms with E-state index in [4.69, 9.17) is 5.14 Å². The number of hydrogen-bond donors (Lipinski definition) is 4. The number of sulfonamides is 1. The molecule has 11 heteroatoms. The van der Waals surface area contributed by atoms with E-state index < -0.39 is 10.0 Å². The summed E-state index contributed by atoms with van der Waals surface area (Å²) in [4.78, 5) is 19.3. The Bertz CT molecular complexity index is 1420. The van der Waals surface area contributed by atoms with Gasteiger partial charge in [0.25, 0.3) is 5.91 Å². The molecule has 2 heterocycles. The first kappa shape index (κ1) is 21.2. The average Bonchev–Trinajstić information content (AvgIpc) is 3.10. The van der Waals surface area contributed by atoms with Gasteiger partial charge >= 0.3 is 0 Å². The highest BCUT2D eigenvalue weighted by Crippen LogP contribution is 2.36. The van der Waals surface area contributed by atoms with Gasteiger partial charge in [0.05, 0.1) is 16.1 Å². The molecule has 0 aliphatic heterocycles. The van der Waals surface area contributed by atoms with Crippen LogP contribution in [0.4, 0.5) is 11.4 Å². The highest BCUT2D eigenvalue weighted by Gasteiger charge is 2.14. The van der Waals surface area contributed by atoms with Crippen molar-refractivity contribution in [2.45, 2.75) is 11.4 Å². The third-order valence-corrected chi connectivity index (χ3v) is 5.55. The zero-order valence-electron chi connectivity index (χ0n) is 16.6. The number of hydrogen-bond acceptors (Lipinski definition) is 7. The van der Waals surface area contributed by atoms with Crippen molar-refractivity contribution in [2.24, 2.45) is 15.4 Å². The van der Waals surface area contributed by atoms with E-state index in [2.05, 4.69) is 25.5 Å². The molecule has 0 bridgehead atoms. The number of rotatable bonds is 6. The third kappa shape index (κ3) is 4.63. The number of carbonyl (C=O) groups excluding carboxylic acids is 1. The van der Waals surface area contributed by atoms with Gasteiger partial charge in [-0.1, -0.05) is 6.07 Å². The van der Waals surface area contributed by atoms with Crippen LogP contribution in [0.5, 0.6) is 5.88 Å². The molecule has 0 spiro atoms. The average molecular weight is 452 g/mol. The predicted molar refractivity (Wildman–Crippen MR) is 119 cm³/mol. The fourth-order valence-corrected chi connectivity index (χ4v) is 3.52. The Morgan fingerprint density at radius 1 is 1.16 bits per heavy atom. The smallest absolute Gasteiger partial charge is 0.251 e. The fourth-order valence-electron chi connectivity index (χ4n) is 3.00. The van der Waals surface area contributed by atoms with Crippen molar-refractivity contribution in [2.75, 3.05) is 0 Å². The number of azo groups is 1. The summed E-state index contributed by atoms with van der Waals surface area (Å²) in [5.74, 6) is -0.504. The second-order valence-electron chi connectivity index (χ2n) is 6.87. The normalized spacial score (nSPS) is 11.8. The van der Waals surface area contributed by atoms with Gasteiger partial charge in [-0.05, 0) is 54.1 Å². The van der Waals surface area contributed by atoms with Crippen molar-refractivity contribution in [3.8, 4) is 5.88 Å². The number of nitrogens with two attached hydrogens (primary N) is 1. The molecule has 32 heavy (non-hydrogen) atoms. The lowest BCUT2D eigenvalue weighted by atomic mass is 10.1. The number of nitrogens with zero attached hydrogens (tertiary/aromatic N) is 3. The Morgan fingerprint density at radius 2 is 1.94 bits per heavy atom. The second-order valence-corrected chi connectivity index (χ2v) is 8.43. The van der Waals surface area contributed by atoms with Crippen LogP contribution in [0, 0.1) is 0 Å². The van der Waals surface area contributed by atoms with Gasteiger partial charge < -0.3 is 15.4 Å². The number of amides is 1. The Hall–Kier alpha value is -4.09. The summed E-state index contributed by atoms with van der Waals surface area (Å²) in [6.07, 6.45) is 3.32. The molecule has 4 rings (SSSR count). The summed E-state index contributed by atoms with van der Waals surface area (Å²) in [6, 6.07) is 14.0. The maximum absolute atomic E-state index is 12.6. The molecule has 1 amide bonds. The van der Waals surface area contributed by atoms with Crippen molar-refractivity contribution in [1.29, 1.82) is 0 Å². The van der Waals surface area contributed by atoms with E-state index in [0.717, 1.165) is 5.56 Å². The monoisotopic (exact) mass is 452 g/mol. The van der Waals surface area contributed by atoms with E-state index in [1.807, 2.05) is 6.07 Å². The molecule has 164 valence electrons. The molecule has 10 nitrogen and oxygen atoms in total. The summed E-state index contributed by atoms with van der Waals surface area (Å²) in [5.41, 5.74) is 2.33. The molecule has 0 atom stereocenters. The van der Waals surface area contributed by atoms with Crippen molar-refractivity contribution in [3.63, 3.8) is 0 Å². The number of aromatic hydroxyl groups is 1. The van der Waals surface area contributed by atoms with Crippen LogP contribution in [-0.4, -0.2) is 29.4 Å².